The van der Waals surface area contributed by atoms with Gasteiger partial charge in [-0.1, -0.05) is 12.1 Å². The lowest BCUT2D eigenvalue weighted by Crippen LogP contribution is -2.23. The normalized spacial score (nSPS) is 9.80. The molecule has 0 radical (unpaired) electrons. The first kappa shape index (κ1) is 13.6. The maximum atomic E-state index is 11.8. The number of nitrogens with one attached hydrogen (secondary N) is 2. The Morgan fingerprint density at radius 2 is 2.05 bits per heavy atom. The van der Waals surface area contributed by atoms with Crippen LogP contribution in [0.15, 0.2) is 59.7 Å². The van der Waals surface area contributed by atoms with Crippen LogP contribution in [-0.4, -0.2) is 18.4 Å². The van der Waals surface area contributed by atoms with Crippen LogP contribution < -0.4 is 10.6 Å². The minimum atomic E-state index is -0.362. The van der Waals surface area contributed by atoms with E-state index in [-0.39, 0.29) is 17.6 Å². The topological polar surface area (TPSA) is 71.3 Å². The van der Waals surface area contributed by atoms with Crippen LogP contribution in [0.3, 0.4) is 0 Å². The Labute approximate surface area is 116 Å². The van der Waals surface area contributed by atoms with E-state index < -0.39 is 0 Å². The van der Waals surface area contributed by atoms with Crippen molar-refractivity contribution < 1.29 is 14.0 Å². The summed E-state index contributed by atoms with van der Waals surface area (Å²) in [5, 5.41) is 5.33. The Morgan fingerprint density at radius 1 is 1.20 bits per heavy atom. The summed E-state index contributed by atoms with van der Waals surface area (Å²) in [6, 6.07) is 9.86. The predicted octanol–water partition coefficient (Wildman–Crippen LogP) is 2.45. The van der Waals surface area contributed by atoms with Crippen molar-refractivity contribution in [2.24, 2.45) is 0 Å². The number of furan rings is 1. The van der Waals surface area contributed by atoms with Crippen LogP contribution in [-0.2, 0) is 0 Å². The van der Waals surface area contributed by atoms with Crippen molar-refractivity contribution in [2.45, 2.75) is 0 Å². The van der Waals surface area contributed by atoms with Crippen molar-refractivity contribution in [3.05, 3.63) is 66.6 Å². The first-order chi connectivity index (χ1) is 9.70. The van der Waals surface area contributed by atoms with E-state index in [1.54, 1.807) is 42.5 Å². The van der Waals surface area contributed by atoms with Crippen LogP contribution in [0.1, 0.15) is 20.9 Å². The fraction of sp³-hybridized carbons (Fsp3) is 0.0667. The van der Waals surface area contributed by atoms with Gasteiger partial charge in [-0.25, -0.2) is 0 Å². The molecule has 0 aliphatic heterocycles. The van der Waals surface area contributed by atoms with E-state index in [9.17, 15) is 9.59 Å². The van der Waals surface area contributed by atoms with Gasteiger partial charge in [0.05, 0.1) is 6.26 Å². The number of benzene rings is 1. The molecule has 5 nitrogen and oxygen atoms in total. The lowest BCUT2D eigenvalue weighted by Gasteiger charge is -2.06. The van der Waals surface area contributed by atoms with E-state index in [4.69, 9.17) is 4.42 Å². The van der Waals surface area contributed by atoms with Gasteiger partial charge in [0, 0.05) is 17.8 Å². The number of carbonyl (C=O) groups is 2. The molecule has 2 N–H and O–H groups in total. The third-order valence-electron chi connectivity index (χ3n) is 2.53. The molecule has 1 aromatic carbocycles. The second-order valence-electron chi connectivity index (χ2n) is 4.01. The monoisotopic (exact) mass is 270 g/mol. The van der Waals surface area contributed by atoms with Crippen molar-refractivity contribution in [3.63, 3.8) is 0 Å². The van der Waals surface area contributed by atoms with Crippen molar-refractivity contribution in [1.82, 2.24) is 5.32 Å². The summed E-state index contributed by atoms with van der Waals surface area (Å²) in [6.07, 6.45) is 3.02. The molecule has 0 atom stereocenters. The van der Waals surface area contributed by atoms with Crippen LogP contribution in [0, 0.1) is 0 Å². The zero-order valence-corrected chi connectivity index (χ0v) is 10.8. The third kappa shape index (κ3) is 3.35. The molecular formula is C15H14N2O3. The average molecular weight is 270 g/mol. The Morgan fingerprint density at radius 3 is 2.75 bits per heavy atom. The highest BCUT2D eigenvalue weighted by molar-refractivity contribution is 6.03. The van der Waals surface area contributed by atoms with E-state index in [2.05, 4.69) is 17.2 Å². The second kappa shape index (κ2) is 6.38. The Hall–Kier alpha value is -2.82. The Bertz CT molecular complexity index is 618. The summed E-state index contributed by atoms with van der Waals surface area (Å²) in [7, 11) is 0. The quantitative estimate of drug-likeness (QED) is 0.820. The van der Waals surface area contributed by atoms with Gasteiger partial charge >= 0.3 is 0 Å². The zero-order chi connectivity index (χ0) is 14.4. The van der Waals surface area contributed by atoms with Gasteiger partial charge < -0.3 is 15.1 Å². The van der Waals surface area contributed by atoms with Gasteiger partial charge in [0.25, 0.3) is 11.8 Å². The van der Waals surface area contributed by atoms with E-state index in [1.807, 2.05) is 0 Å². The molecule has 0 spiro atoms. The van der Waals surface area contributed by atoms with Gasteiger partial charge in [-0.2, -0.15) is 0 Å². The third-order valence-corrected chi connectivity index (χ3v) is 2.53. The Kier molecular flexibility index (Phi) is 4.34. The minimum Gasteiger partial charge on any atom is -0.459 e. The molecule has 102 valence electrons. The van der Waals surface area contributed by atoms with E-state index in [0.29, 0.717) is 17.8 Å². The van der Waals surface area contributed by atoms with E-state index >= 15 is 0 Å². The molecule has 5 heteroatoms. The number of hydrogen-bond acceptors (Lipinski definition) is 3. The summed E-state index contributed by atoms with van der Waals surface area (Å²) in [5.74, 6) is -0.371. The molecule has 0 bridgehead atoms. The van der Waals surface area contributed by atoms with Crippen LogP contribution in [0.2, 0.25) is 0 Å². The molecule has 2 rings (SSSR count). The molecular weight excluding hydrogens is 256 g/mol. The van der Waals surface area contributed by atoms with Crippen molar-refractivity contribution >= 4 is 17.5 Å². The van der Waals surface area contributed by atoms with Gasteiger partial charge in [0.2, 0.25) is 0 Å². The molecule has 1 heterocycles. The number of rotatable bonds is 5. The number of hydrogen-bond donors (Lipinski definition) is 2. The standard InChI is InChI=1S/C15H14N2O3/c1-2-8-16-14(18)11-5-3-6-12(10-11)17-15(19)13-7-4-9-20-13/h2-7,9-10H,1,8H2,(H,16,18)(H,17,19). The average Bonchev–Trinajstić information content (AvgIpc) is 2.99. The molecule has 0 aliphatic carbocycles. The van der Waals surface area contributed by atoms with E-state index in [0.717, 1.165) is 0 Å². The number of carbonyl (C=O) groups excluding carboxylic acids is 2. The fourth-order valence-electron chi connectivity index (χ4n) is 1.61. The lowest BCUT2D eigenvalue weighted by atomic mass is 10.2. The van der Waals surface area contributed by atoms with Gasteiger partial charge in [-0.3, -0.25) is 9.59 Å². The van der Waals surface area contributed by atoms with Crippen molar-refractivity contribution in [3.8, 4) is 0 Å². The molecule has 0 unspecified atom stereocenters. The maximum Gasteiger partial charge on any atom is 0.291 e. The lowest BCUT2D eigenvalue weighted by molar-refractivity contribution is 0.0955. The van der Waals surface area contributed by atoms with Crippen molar-refractivity contribution in [1.29, 1.82) is 0 Å². The number of anilines is 1. The second-order valence-corrected chi connectivity index (χ2v) is 4.01. The molecule has 0 aliphatic rings. The SMILES string of the molecule is C=CCNC(=O)c1cccc(NC(=O)c2ccco2)c1. The summed E-state index contributed by atoms with van der Waals surface area (Å²) < 4.78 is 5.00. The summed E-state index contributed by atoms with van der Waals surface area (Å²) in [4.78, 5) is 23.6. The van der Waals surface area contributed by atoms with Gasteiger partial charge in [-0.05, 0) is 30.3 Å². The fourth-order valence-corrected chi connectivity index (χ4v) is 1.61. The summed E-state index contributed by atoms with van der Waals surface area (Å²) >= 11 is 0. The smallest absolute Gasteiger partial charge is 0.291 e. The Balaban J connectivity index is 2.08. The number of amides is 2. The van der Waals surface area contributed by atoms with E-state index in [1.165, 1.54) is 6.26 Å². The molecule has 0 saturated carbocycles. The minimum absolute atomic E-state index is 0.214. The largest absolute Gasteiger partial charge is 0.459 e. The van der Waals surface area contributed by atoms with Crippen LogP contribution in [0.25, 0.3) is 0 Å². The van der Waals surface area contributed by atoms with Crippen LogP contribution in [0.4, 0.5) is 5.69 Å². The summed E-state index contributed by atoms with van der Waals surface area (Å²) in [5.41, 5.74) is 0.988. The molecule has 1 aromatic heterocycles. The van der Waals surface area contributed by atoms with Gasteiger partial charge in [-0.15, -0.1) is 6.58 Å². The van der Waals surface area contributed by atoms with Crippen molar-refractivity contribution in [2.75, 3.05) is 11.9 Å². The molecule has 0 saturated heterocycles. The van der Waals surface area contributed by atoms with Gasteiger partial charge in [0.15, 0.2) is 5.76 Å². The first-order valence-corrected chi connectivity index (χ1v) is 6.04. The highest BCUT2D eigenvalue weighted by Gasteiger charge is 2.10. The first-order valence-electron chi connectivity index (χ1n) is 6.04. The molecule has 2 amide bonds. The highest BCUT2D eigenvalue weighted by atomic mass is 16.3. The van der Waals surface area contributed by atoms with Gasteiger partial charge in [0.1, 0.15) is 0 Å². The van der Waals surface area contributed by atoms with Crippen LogP contribution in [0.5, 0.6) is 0 Å². The maximum absolute atomic E-state index is 11.8. The predicted molar refractivity (Wildman–Crippen MR) is 75.6 cm³/mol. The molecule has 2 aromatic rings. The highest BCUT2D eigenvalue weighted by Crippen LogP contribution is 2.12. The molecule has 20 heavy (non-hydrogen) atoms. The zero-order valence-electron chi connectivity index (χ0n) is 10.8. The van der Waals surface area contributed by atoms with Crippen LogP contribution >= 0.6 is 0 Å². The summed E-state index contributed by atoms with van der Waals surface area (Å²) in [6.45, 7) is 3.92. The molecule has 0 fully saturated rings.